The molecular weight excluding hydrogens is 422 g/mol. The van der Waals surface area contributed by atoms with E-state index in [9.17, 15) is 17.6 Å². The lowest BCUT2D eigenvalue weighted by atomic mass is 10.0. The quantitative estimate of drug-likeness (QED) is 0.510. The number of benzene rings is 2. The van der Waals surface area contributed by atoms with Gasteiger partial charge < -0.3 is 14.8 Å². The van der Waals surface area contributed by atoms with Crippen LogP contribution in [0, 0.1) is 5.82 Å². The van der Waals surface area contributed by atoms with Gasteiger partial charge in [0, 0.05) is 28.5 Å². The number of carbonyl (C=O) groups is 1. The number of furan rings is 1. The van der Waals surface area contributed by atoms with Gasteiger partial charge in [-0.2, -0.15) is 13.2 Å². The zero-order valence-corrected chi connectivity index (χ0v) is 14.8. The molecule has 4 nitrogen and oxygen atoms in total. The lowest BCUT2D eigenvalue weighted by Gasteiger charge is -2.04. The second-order valence-electron chi connectivity index (χ2n) is 5.04. The van der Waals surface area contributed by atoms with Gasteiger partial charge in [0.1, 0.15) is 11.4 Å². The highest BCUT2D eigenvalue weighted by Crippen LogP contribution is 2.35. The number of carboxylic acid groups (broad SMARTS) is 1. The number of alkyl halides is 3. The molecule has 0 amide bonds. The molecule has 0 aliphatic heterocycles. The third kappa shape index (κ3) is 4.75. The van der Waals surface area contributed by atoms with E-state index in [0.717, 1.165) is 26.6 Å². The van der Waals surface area contributed by atoms with Crippen LogP contribution in [0.3, 0.4) is 0 Å². The van der Waals surface area contributed by atoms with E-state index in [1.807, 2.05) is 25.2 Å². The molecule has 3 rings (SSSR count). The second-order valence-corrected chi connectivity index (χ2v) is 5.96. The highest BCUT2D eigenvalue weighted by Gasteiger charge is 2.38. The molecule has 0 fully saturated rings. The monoisotopic (exact) mass is 433 g/mol. The predicted octanol–water partition coefficient (Wildman–Crippen LogP) is 5.68. The zero-order chi connectivity index (χ0) is 19.5. The Balaban J connectivity index is 0.000000298. The van der Waals surface area contributed by atoms with Crippen LogP contribution in [0.2, 0.25) is 0 Å². The first-order valence-electron chi connectivity index (χ1n) is 7.08. The molecule has 0 unspecified atom stereocenters. The molecule has 2 N–H and O–H groups in total. The van der Waals surface area contributed by atoms with Gasteiger partial charge in [0.05, 0.1) is 0 Å². The maximum Gasteiger partial charge on any atom is 0.490 e. The van der Waals surface area contributed by atoms with E-state index < -0.39 is 12.1 Å². The Morgan fingerprint density at radius 2 is 1.73 bits per heavy atom. The van der Waals surface area contributed by atoms with E-state index >= 15 is 0 Å². The Morgan fingerprint density at radius 3 is 2.23 bits per heavy atom. The Bertz CT molecular complexity index is 920. The molecule has 26 heavy (non-hydrogen) atoms. The number of carboxylic acids is 1. The average Bonchev–Trinajstić information content (AvgIpc) is 2.97. The fourth-order valence-corrected chi connectivity index (χ4v) is 2.56. The molecule has 0 aliphatic carbocycles. The number of aliphatic carboxylic acids is 1. The number of fused-ring (bicyclic) bond motifs is 1. The molecular formula is C17H12BrF4NO3. The zero-order valence-electron chi connectivity index (χ0n) is 13.2. The molecule has 9 heteroatoms. The van der Waals surface area contributed by atoms with Gasteiger partial charge in [0.2, 0.25) is 0 Å². The summed E-state index contributed by atoms with van der Waals surface area (Å²) in [6, 6.07) is 12.3. The van der Waals surface area contributed by atoms with E-state index in [1.54, 1.807) is 12.1 Å². The summed E-state index contributed by atoms with van der Waals surface area (Å²) >= 11 is 3.49. The van der Waals surface area contributed by atoms with Crippen LogP contribution in [0.25, 0.3) is 22.1 Å². The second kappa shape index (κ2) is 7.77. The highest BCUT2D eigenvalue weighted by atomic mass is 79.9. The number of hydrogen-bond acceptors (Lipinski definition) is 3. The molecule has 3 aromatic rings. The lowest BCUT2D eigenvalue weighted by Crippen LogP contribution is -2.21. The van der Waals surface area contributed by atoms with Gasteiger partial charge in [-0.25, -0.2) is 9.18 Å². The third-order valence-corrected chi connectivity index (χ3v) is 3.68. The Hall–Kier alpha value is -2.55. The maximum absolute atomic E-state index is 13.0. The molecule has 0 bridgehead atoms. The van der Waals surface area contributed by atoms with Gasteiger partial charge in [-0.05, 0) is 29.8 Å². The standard InChI is InChI=1S/C15H11BrFNO.C2HF3O2/c1-18-14-7-10-6-11(16)8-13(15(10)19-14)9-2-4-12(17)5-3-9;3-2(4,5)1(6)7/h2-8,18H,1H3;(H,6,7). The van der Waals surface area contributed by atoms with Gasteiger partial charge in [0.15, 0.2) is 5.88 Å². The number of anilines is 1. The molecule has 1 aromatic heterocycles. The summed E-state index contributed by atoms with van der Waals surface area (Å²) in [5.74, 6) is -2.30. The number of halogens is 5. The molecule has 0 radical (unpaired) electrons. The topological polar surface area (TPSA) is 62.5 Å². The maximum atomic E-state index is 13.0. The van der Waals surface area contributed by atoms with Crippen LogP contribution in [0.1, 0.15) is 0 Å². The van der Waals surface area contributed by atoms with Crippen LogP contribution in [-0.2, 0) is 4.79 Å². The van der Waals surface area contributed by atoms with Crippen molar-refractivity contribution in [2.45, 2.75) is 6.18 Å². The van der Waals surface area contributed by atoms with Gasteiger partial charge in [-0.3, -0.25) is 0 Å². The molecule has 1 heterocycles. The molecule has 0 aliphatic rings. The summed E-state index contributed by atoms with van der Waals surface area (Å²) in [4.78, 5) is 8.90. The molecule has 138 valence electrons. The summed E-state index contributed by atoms with van der Waals surface area (Å²) in [6.45, 7) is 0. The Morgan fingerprint density at radius 1 is 1.15 bits per heavy atom. The van der Waals surface area contributed by atoms with Crippen molar-refractivity contribution in [1.29, 1.82) is 0 Å². The first-order valence-corrected chi connectivity index (χ1v) is 7.88. The van der Waals surface area contributed by atoms with E-state index in [4.69, 9.17) is 14.3 Å². The normalized spacial score (nSPS) is 11.0. The van der Waals surface area contributed by atoms with Crippen LogP contribution in [0.5, 0.6) is 0 Å². The van der Waals surface area contributed by atoms with E-state index in [0.29, 0.717) is 5.88 Å². The summed E-state index contributed by atoms with van der Waals surface area (Å²) in [7, 11) is 1.81. The largest absolute Gasteiger partial charge is 0.490 e. The first-order chi connectivity index (χ1) is 12.1. The van der Waals surface area contributed by atoms with E-state index in [2.05, 4.69) is 21.2 Å². The van der Waals surface area contributed by atoms with Gasteiger partial charge in [-0.1, -0.05) is 28.1 Å². The van der Waals surface area contributed by atoms with E-state index in [1.165, 1.54) is 12.1 Å². The Kier molecular flexibility index (Phi) is 5.91. The number of nitrogens with one attached hydrogen (secondary N) is 1. The van der Waals surface area contributed by atoms with Crippen LogP contribution < -0.4 is 5.32 Å². The lowest BCUT2D eigenvalue weighted by molar-refractivity contribution is -0.192. The van der Waals surface area contributed by atoms with E-state index in [-0.39, 0.29) is 5.82 Å². The van der Waals surface area contributed by atoms with Crippen LogP contribution in [0.4, 0.5) is 23.4 Å². The van der Waals surface area contributed by atoms with Crippen molar-refractivity contribution in [3.63, 3.8) is 0 Å². The Labute approximate surface area is 153 Å². The number of hydrogen-bond donors (Lipinski definition) is 2. The third-order valence-electron chi connectivity index (χ3n) is 3.23. The molecule has 0 saturated heterocycles. The smallest absolute Gasteiger partial charge is 0.475 e. The predicted molar refractivity (Wildman–Crippen MR) is 92.5 cm³/mol. The summed E-state index contributed by atoms with van der Waals surface area (Å²) in [6.07, 6.45) is -5.08. The SMILES string of the molecule is CNc1cc2cc(Br)cc(-c3ccc(F)cc3)c2o1.O=C(O)C(F)(F)F. The van der Waals surface area contributed by atoms with Crippen molar-refractivity contribution < 1.29 is 31.9 Å². The fourth-order valence-electron chi connectivity index (χ4n) is 2.08. The first kappa shape index (κ1) is 19.8. The summed E-state index contributed by atoms with van der Waals surface area (Å²) in [5, 5.41) is 11.1. The summed E-state index contributed by atoms with van der Waals surface area (Å²) < 4.78 is 51.5. The molecule has 0 atom stereocenters. The minimum absolute atomic E-state index is 0.245. The minimum atomic E-state index is -5.08. The van der Waals surface area contributed by atoms with Crippen molar-refractivity contribution in [1.82, 2.24) is 0 Å². The minimum Gasteiger partial charge on any atom is -0.475 e. The molecule has 0 spiro atoms. The van der Waals surface area contributed by atoms with Gasteiger partial charge in [0.25, 0.3) is 0 Å². The van der Waals surface area contributed by atoms with Crippen molar-refractivity contribution in [2.24, 2.45) is 0 Å². The fraction of sp³-hybridized carbons (Fsp3) is 0.118. The summed E-state index contributed by atoms with van der Waals surface area (Å²) in [5.41, 5.74) is 2.65. The highest BCUT2D eigenvalue weighted by molar-refractivity contribution is 9.10. The van der Waals surface area contributed by atoms with Gasteiger partial charge >= 0.3 is 12.1 Å². The van der Waals surface area contributed by atoms with Crippen molar-refractivity contribution in [3.05, 3.63) is 52.8 Å². The van der Waals surface area contributed by atoms with Crippen LogP contribution >= 0.6 is 15.9 Å². The molecule has 0 saturated carbocycles. The van der Waals surface area contributed by atoms with Crippen molar-refractivity contribution in [3.8, 4) is 11.1 Å². The molecule has 2 aromatic carbocycles. The van der Waals surface area contributed by atoms with Crippen molar-refractivity contribution in [2.75, 3.05) is 12.4 Å². The van der Waals surface area contributed by atoms with Crippen LogP contribution in [0.15, 0.2) is 51.4 Å². The van der Waals surface area contributed by atoms with Crippen LogP contribution in [-0.4, -0.2) is 24.3 Å². The van der Waals surface area contributed by atoms with Crippen molar-refractivity contribution >= 4 is 38.8 Å². The average molecular weight is 434 g/mol. The van der Waals surface area contributed by atoms with Gasteiger partial charge in [-0.15, -0.1) is 0 Å². The number of rotatable bonds is 2.